The Balaban J connectivity index is 1.88. The van der Waals surface area contributed by atoms with Gasteiger partial charge in [-0.3, -0.25) is 4.98 Å². The van der Waals surface area contributed by atoms with E-state index in [1.165, 1.54) is 22.1 Å². The summed E-state index contributed by atoms with van der Waals surface area (Å²) in [5.41, 5.74) is 12.5. The molecule has 21 heavy (non-hydrogen) atoms. The third kappa shape index (κ3) is 1.94. The van der Waals surface area contributed by atoms with Crippen molar-refractivity contribution in [3.8, 4) is 0 Å². The van der Waals surface area contributed by atoms with Crippen molar-refractivity contribution in [2.24, 2.45) is 0 Å². The summed E-state index contributed by atoms with van der Waals surface area (Å²) < 4.78 is 0. The largest absolute Gasteiger partial charge is 0.397 e. The highest BCUT2D eigenvalue weighted by Gasteiger charge is 2.17. The Bertz CT molecular complexity index is 860. The highest BCUT2D eigenvalue weighted by atomic mass is 14.9. The standard InChI is InChI=1S/C18H15N3/c19-16-6-3-5-15-13(11-21-18(15)16)10-12-8-9-20-17-7-2-1-4-14(12)17/h1-10,21H,11,19H2. The van der Waals surface area contributed by atoms with Gasteiger partial charge in [0, 0.05) is 23.7 Å². The van der Waals surface area contributed by atoms with Crippen LogP contribution < -0.4 is 11.1 Å². The number of nitrogens with two attached hydrogens (primary N) is 1. The second-order valence-corrected chi connectivity index (χ2v) is 5.21. The lowest BCUT2D eigenvalue weighted by Crippen LogP contribution is -1.95. The summed E-state index contributed by atoms with van der Waals surface area (Å²) in [7, 11) is 0. The zero-order chi connectivity index (χ0) is 14.2. The van der Waals surface area contributed by atoms with Gasteiger partial charge in [-0.05, 0) is 35.4 Å². The molecule has 3 nitrogen and oxygen atoms in total. The van der Waals surface area contributed by atoms with Crippen LogP contribution in [0.2, 0.25) is 0 Å². The molecule has 1 aliphatic rings. The second-order valence-electron chi connectivity index (χ2n) is 5.21. The monoisotopic (exact) mass is 273 g/mol. The SMILES string of the molecule is Nc1cccc2c1NCC2=Cc1ccnc2ccccc12. The van der Waals surface area contributed by atoms with Gasteiger partial charge in [0.25, 0.3) is 0 Å². The zero-order valence-electron chi connectivity index (χ0n) is 11.5. The highest BCUT2D eigenvalue weighted by molar-refractivity contribution is 6.00. The van der Waals surface area contributed by atoms with Crippen LogP contribution in [0.25, 0.3) is 22.6 Å². The Hall–Kier alpha value is -2.81. The zero-order valence-corrected chi connectivity index (χ0v) is 11.5. The summed E-state index contributed by atoms with van der Waals surface area (Å²) in [4.78, 5) is 4.41. The van der Waals surface area contributed by atoms with Crippen molar-refractivity contribution < 1.29 is 0 Å². The van der Waals surface area contributed by atoms with E-state index >= 15 is 0 Å². The Morgan fingerprint density at radius 1 is 1.05 bits per heavy atom. The Kier molecular flexibility index (Phi) is 2.64. The predicted molar refractivity (Wildman–Crippen MR) is 89.0 cm³/mol. The van der Waals surface area contributed by atoms with Crippen LogP contribution >= 0.6 is 0 Å². The molecule has 3 heteroatoms. The summed E-state index contributed by atoms with van der Waals surface area (Å²) >= 11 is 0. The van der Waals surface area contributed by atoms with E-state index in [2.05, 4.69) is 34.6 Å². The van der Waals surface area contributed by atoms with Gasteiger partial charge in [0.15, 0.2) is 0 Å². The van der Waals surface area contributed by atoms with Crippen molar-refractivity contribution in [2.45, 2.75) is 0 Å². The van der Waals surface area contributed by atoms with E-state index in [-0.39, 0.29) is 0 Å². The second kappa shape index (κ2) is 4.63. The van der Waals surface area contributed by atoms with E-state index in [1.807, 2.05) is 36.5 Å². The molecule has 0 fully saturated rings. The quantitative estimate of drug-likeness (QED) is 0.663. The molecule has 1 aliphatic heterocycles. The van der Waals surface area contributed by atoms with Gasteiger partial charge < -0.3 is 11.1 Å². The molecule has 102 valence electrons. The van der Waals surface area contributed by atoms with Gasteiger partial charge in [-0.25, -0.2) is 0 Å². The number of hydrogen-bond acceptors (Lipinski definition) is 3. The van der Waals surface area contributed by atoms with Crippen molar-refractivity contribution >= 4 is 33.9 Å². The number of nitrogens with one attached hydrogen (secondary N) is 1. The van der Waals surface area contributed by atoms with Crippen LogP contribution in [0, 0.1) is 0 Å². The van der Waals surface area contributed by atoms with Gasteiger partial charge in [-0.2, -0.15) is 0 Å². The smallest absolute Gasteiger partial charge is 0.0707 e. The molecule has 0 unspecified atom stereocenters. The number of rotatable bonds is 1. The number of aromatic nitrogens is 1. The molecule has 0 radical (unpaired) electrons. The van der Waals surface area contributed by atoms with Gasteiger partial charge in [0.1, 0.15) is 0 Å². The number of pyridine rings is 1. The van der Waals surface area contributed by atoms with E-state index in [1.54, 1.807) is 0 Å². The molecule has 0 aliphatic carbocycles. The normalized spacial score (nSPS) is 15.1. The number of nitrogen functional groups attached to an aromatic ring is 1. The van der Waals surface area contributed by atoms with Crippen LogP contribution in [-0.2, 0) is 0 Å². The number of para-hydroxylation sites is 2. The predicted octanol–water partition coefficient (Wildman–Crippen LogP) is 3.78. The molecule has 0 saturated carbocycles. The number of anilines is 2. The first kappa shape index (κ1) is 12.0. The molecule has 3 N–H and O–H groups in total. The Morgan fingerprint density at radius 3 is 2.90 bits per heavy atom. The average Bonchev–Trinajstić information content (AvgIpc) is 2.92. The highest BCUT2D eigenvalue weighted by Crippen LogP contribution is 2.36. The maximum Gasteiger partial charge on any atom is 0.0707 e. The first-order valence-electron chi connectivity index (χ1n) is 7.00. The minimum Gasteiger partial charge on any atom is -0.397 e. The summed E-state index contributed by atoms with van der Waals surface area (Å²) in [5.74, 6) is 0. The van der Waals surface area contributed by atoms with E-state index in [0.29, 0.717) is 0 Å². The lowest BCUT2D eigenvalue weighted by Gasteiger charge is -2.04. The molecule has 2 heterocycles. The van der Waals surface area contributed by atoms with Crippen molar-refractivity contribution in [1.82, 2.24) is 4.98 Å². The molecule has 3 aromatic rings. The van der Waals surface area contributed by atoms with E-state index in [9.17, 15) is 0 Å². The Morgan fingerprint density at radius 2 is 1.95 bits per heavy atom. The Labute approximate surface area is 123 Å². The lowest BCUT2D eigenvalue weighted by atomic mass is 10.0. The third-order valence-electron chi connectivity index (χ3n) is 3.91. The third-order valence-corrected chi connectivity index (χ3v) is 3.91. The minimum absolute atomic E-state index is 0.801. The molecular formula is C18H15N3. The first-order chi connectivity index (χ1) is 10.3. The van der Waals surface area contributed by atoms with Gasteiger partial charge >= 0.3 is 0 Å². The van der Waals surface area contributed by atoms with Gasteiger partial charge in [-0.1, -0.05) is 30.3 Å². The van der Waals surface area contributed by atoms with E-state index in [4.69, 9.17) is 5.73 Å². The molecule has 0 spiro atoms. The van der Waals surface area contributed by atoms with Gasteiger partial charge in [0.2, 0.25) is 0 Å². The summed E-state index contributed by atoms with van der Waals surface area (Å²) in [6.45, 7) is 0.806. The van der Waals surface area contributed by atoms with Crippen molar-refractivity contribution in [2.75, 3.05) is 17.6 Å². The number of fused-ring (bicyclic) bond motifs is 2. The average molecular weight is 273 g/mol. The molecule has 2 aromatic carbocycles. The molecule has 1 aromatic heterocycles. The molecular weight excluding hydrogens is 258 g/mol. The fourth-order valence-corrected chi connectivity index (χ4v) is 2.87. The van der Waals surface area contributed by atoms with Crippen molar-refractivity contribution in [3.05, 3.63) is 65.9 Å². The molecule has 0 atom stereocenters. The van der Waals surface area contributed by atoms with Crippen LogP contribution in [0.5, 0.6) is 0 Å². The summed E-state index contributed by atoms with van der Waals surface area (Å²) in [6, 6.07) is 16.3. The van der Waals surface area contributed by atoms with E-state index in [0.717, 1.165) is 23.4 Å². The number of hydrogen-bond donors (Lipinski definition) is 2. The topological polar surface area (TPSA) is 50.9 Å². The maximum absolute atomic E-state index is 6.02. The van der Waals surface area contributed by atoms with Crippen LogP contribution in [0.15, 0.2) is 54.7 Å². The van der Waals surface area contributed by atoms with Crippen LogP contribution in [0.4, 0.5) is 11.4 Å². The molecule has 0 bridgehead atoms. The number of nitrogens with zero attached hydrogens (tertiary/aromatic N) is 1. The van der Waals surface area contributed by atoms with Gasteiger partial charge in [0.05, 0.1) is 16.9 Å². The fourth-order valence-electron chi connectivity index (χ4n) is 2.87. The van der Waals surface area contributed by atoms with E-state index < -0.39 is 0 Å². The summed E-state index contributed by atoms with van der Waals surface area (Å²) in [5, 5.41) is 4.55. The van der Waals surface area contributed by atoms with Gasteiger partial charge in [-0.15, -0.1) is 0 Å². The minimum atomic E-state index is 0.801. The van der Waals surface area contributed by atoms with Crippen molar-refractivity contribution in [1.29, 1.82) is 0 Å². The maximum atomic E-state index is 6.02. The van der Waals surface area contributed by atoms with Crippen LogP contribution in [-0.4, -0.2) is 11.5 Å². The number of benzene rings is 2. The molecule has 0 saturated heterocycles. The molecule has 0 amide bonds. The van der Waals surface area contributed by atoms with Crippen LogP contribution in [0.1, 0.15) is 11.1 Å². The van der Waals surface area contributed by atoms with Crippen molar-refractivity contribution in [3.63, 3.8) is 0 Å². The first-order valence-corrected chi connectivity index (χ1v) is 7.00. The van der Waals surface area contributed by atoms with Crippen LogP contribution in [0.3, 0.4) is 0 Å². The fraction of sp³-hybridized carbons (Fsp3) is 0.0556. The lowest BCUT2D eigenvalue weighted by molar-refractivity contribution is 1.40. The summed E-state index contributed by atoms with van der Waals surface area (Å²) in [6.07, 6.45) is 4.08. The molecule has 4 rings (SSSR count).